The summed E-state index contributed by atoms with van der Waals surface area (Å²) in [6.07, 6.45) is 3.07. The minimum Gasteiger partial charge on any atom is -0.258 e. The molecule has 0 fully saturated rings. The van der Waals surface area contributed by atoms with Gasteiger partial charge in [0.1, 0.15) is 10.8 Å². The molecule has 1 heterocycles. The maximum absolute atomic E-state index is 10.7. The van der Waals surface area contributed by atoms with Crippen LogP contribution in [-0.4, -0.2) is 16.5 Å². The third-order valence-corrected chi connectivity index (χ3v) is 2.21. The summed E-state index contributed by atoms with van der Waals surface area (Å²) in [6.45, 7) is 1.66. The molecule has 0 saturated carbocycles. The van der Waals surface area contributed by atoms with E-state index in [4.69, 9.17) is 17.1 Å². The number of hydrogen-bond acceptors (Lipinski definition) is 4. The maximum Gasteiger partial charge on any atom is 0.291 e. The zero-order valence-corrected chi connectivity index (χ0v) is 9.63. The van der Waals surface area contributed by atoms with E-state index in [9.17, 15) is 10.1 Å². The van der Waals surface area contributed by atoms with Crippen molar-refractivity contribution >= 4 is 23.4 Å². The standard InChI is InChI=1S/C9H8ClN5O2/c1-6-8(15(16)17)5-7(9(10)13-6)3-2-4-12-14-11/h2-3,5H,4H2,1H3. The molecule has 0 amide bonds. The van der Waals surface area contributed by atoms with E-state index in [2.05, 4.69) is 15.0 Å². The third-order valence-electron chi connectivity index (χ3n) is 1.91. The molecule has 0 unspecified atom stereocenters. The summed E-state index contributed by atoms with van der Waals surface area (Å²) in [5.74, 6) is 0. The zero-order valence-electron chi connectivity index (χ0n) is 8.87. The van der Waals surface area contributed by atoms with Crippen molar-refractivity contribution in [1.29, 1.82) is 0 Å². The van der Waals surface area contributed by atoms with Crippen molar-refractivity contribution in [1.82, 2.24) is 4.98 Å². The molecule has 1 rings (SSSR count). The molecule has 0 N–H and O–H groups in total. The lowest BCUT2D eigenvalue weighted by atomic mass is 10.2. The molecular weight excluding hydrogens is 246 g/mol. The number of nitrogens with zero attached hydrogens (tertiary/aromatic N) is 5. The molecule has 0 spiro atoms. The molecule has 0 aromatic carbocycles. The summed E-state index contributed by atoms with van der Waals surface area (Å²) in [5.41, 5.74) is 8.64. The number of halogens is 1. The van der Waals surface area contributed by atoms with Gasteiger partial charge in [-0.25, -0.2) is 4.98 Å². The quantitative estimate of drug-likeness (QED) is 0.205. The van der Waals surface area contributed by atoms with E-state index in [1.165, 1.54) is 19.1 Å². The summed E-state index contributed by atoms with van der Waals surface area (Å²) >= 11 is 5.83. The number of rotatable bonds is 4. The Bertz CT molecular complexity index is 522. The fourth-order valence-corrected chi connectivity index (χ4v) is 1.39. The first-order chi connectivity index (χ1) is 8.06. The molecule has 7 nitrogen and oxygen atoms in total. The molecule has 0 radical (unpaired) electrons. The van der Waals surface area contributed by atoms with Gasteiger partial charge in [0.2, 0.25) is 0 Å². The highest BCUT2D eigenvalue weighted by Crippen LogP contribution is 2.23. The van der Waals surface area contributed by atoms with Crippen molar-refractivity contribution in [2.75, 3.05) is 6.54 Å². The van der Waals surface area contributed by atoms with Crippen LogP contribution in [0.15, 0.2) is 17.3 Å². The van der Waals surface area contributed by atoms with E-state index < -0.39 is 4.92 Å². The lowest BCUT2D eigenvalue weighted by Crippen LogP contribution is -1.96. The van der Waals surface area contributed by atoms with Crippen molar-refractivity contribution in [3.8, 4) is 0 Å². The minimum atomic E-state index is -0.524. The second kappa shape index (κ2) is 5.83. The molecule has 0 atom stereocenters. The predicted octanol–water partition coefficient (Wildman–Crippen LogP) is 3.28. The first-order valence-electron chi connectivity index (χ1n) is 4.55. The minimum absolute atomic E-state index is 0.0992. The summed E-state index contributed by atoms with van der Waals surface area (Å²) in [7, 11) is 0. The smallest absolute Gasteiger partial charge is 0.258 e. The highest BCUT2D eigenvalue weighted by molar-refractivity contribution is 6.30. The van der Waals surface area contributed by atoms with Gasteiger partial charge in [-0.1, -0.05) is 28.9 Å². The topological polar surface area (TPSA) is 105 Å². The fraction of sp³-hybridized carbons (Fsp3) is 0.222. The van der Waals surface area contributed by atoms with Crippen molar-refractivity contribution in [3.63, 3.8) is 0 Å². The largest absolute Gasteiger partial charge is 0.291 e. The monoisotopic (exact) mass is 253 g/mol. The summed E-state index contributed by atoms with van der Waals surface area (Å²) < 4.78 is 0. The Balaban J connectivity index is 3.07. The molecule has 0 bridgehead atoms. The highest BCUT2D eigenvalue weighted by Gasteiger charge is 2.14. The average Bonchev–Trinajstić information content (AvgIpc) is 2.26. The molecular formula is C9H8ClN5O2. The van der Waals surface area contributed by atoms with Gasteiger partial charge in [-0.3, -0.25) is 10.1 Å². The zero-order chi connectivity index (χ0) is 12.8. The first kappa shape index (κ1) is 13.0. The van der Waals surface area contributed by atoms with Crippen LogP contribution < -0.4 is 0 Å². The number of pyridine rings is 1. The molecule has 0 saturated heterocycles. The van der Waals surface area contributed by atoms with Gasteiger partial charge in [0.15, 0.2) is 0 Å². The Labute approximate surface area is 102 Å². The van der Waals surface area contributed by atoms with Gasteiger partial charge in [0.05, 0.1) is 4.92 Å². The van der Waals surface area contributed by atoms with Crippen LogP contribution in [-0.2, 0) is 0 Å². The predicted molar refractivity (Wildman–Crippen MR) is 63.7 cm³/mol. The SMILES string of the molecule is Cc1nc(Cl)c(C=CCN=[N+]=[N-])cc1[N+](=O)[O-]. The molecule has 1 aromatic heterocycles. The van der Waals surface area contributed by atoms with Crippen LogP contribution in [0.2, 0.25) is 5.15 Å². The number of hydrogen-bond donors (Lipinski definition) is 0. The van der Waals surface area contributed by atoms with Gasteiger partial charge in [0.25, 0.3) is 5.69 Å². The van der Waals surface area contributed by atoms with E-state index in [0.717, 1.165) is 0 Å². The van der Waals surface area contributed by atoms with Crippen molar-refractivity contribution in [3.05, 3.63) is 49.1 Å². The van der Waals surface area contributed by atoms with Gasteiger partial charge in [-0.05, 0) is 12.5 Å². The van der Waals surface area contributed by atoms with Crippen LogP contribution in [0.25, 0.3) is 16.5 Å². The molecule has 88 valence electrons. The van der Waals surface area contributed by atoms with E-state index >= 15 is 0 Å². The Morgan fingerprint density at radius 2 is 2.47 bits per heavy atom. The second-order valence-electron chi connectivity index (χ2n) is 3.05. The Kier molecular flexibility index (Phi) is 4.45. The number of azide groups is 1. The molecule has 0 aliphatic rings. The van der Waals surface area contributed by atoms with Gasteiger partial charge < -0.3 is 0 Å². The van der Waals surface area contributed by atoms with Crippen LogP contribution in [0.3, 0.4) is 0 Å². The summed E-state index contributed by atoms with van der Waals surface area (Å²) in [4.78, 5) is 16.6. The Morgan fingerprint density at radius 1 is 1.76 bits per heavy atom. The van der Waals surface area contributed by atoms with Gasteiger partial charge >= 0.3 is 0 Å². The molecule has 8 heteroatoms. The van der Waals surface area contributed by atoms with Crippen LogP contribution >= 0.6 is 11.6 Å². The van der Waals surface area contributed by atoms with E-state index in [-0.39, 0.29) is 23.1 Å². The highest BCUT2D eigenvalue weighted by atomic mass is 35.5. The van der Waals surface area contributed by atoms with Gasteiger partial charge in [-0.15, -0.1) is 0 Å². The fourth-order valence-electron chi connectivity index (χ4n) is 1.15. The molecule has 0 aliphatic carbocycles. The molecule has 1 aromatic rings. The van der Waals surface area contributed by atoms with Crippen LogP contribution in [0.4, 0.5) is 5.69 Å². The van der Waals surface area contributed by atoms with Crippen LogP contribution in [0, 0.1) is 17.0 Å². The van der Waals surface area contributed by atoms with E-state index in [1.54, 1.807) is 6.08 Å². The summed E-state index contributed by atoms with van der Waals surface area (Å²) in [5, 5.41) is 14.2. The lowest BCUT2D eigenvalue weighted by Gasteiger charge is -2.00. The van der Waals surface area contributed by atoms with Gasteiger partial charge in [0, 0.05) is 23.1 Å². The lowest BCUT2D eigenvalue weighted by molar-refractivity contribution is -0.385. The van der Waals surface area contributed by atoms with Crippen LogP contribution in [0.1, 0.15) is 11.3 Å². The second-order valence-corrected chi connectivity index (χ2v) is 3.40. The average molecular weight is 254 g/mol. The number of nitro groups is 1. The van der Waals surface area contributed by atoms with Gasteiger partial charge in [-0.2, -0.15) is 0 Å². The first-order valence-corrected chi connectivity index (χ1v) is 4.93. The summed E-state index contributed by atoms with van der Waals surface area (Å²) in [6, 6.07) is 1.33. The van der Waals surface area contributed by atoms with Crippen molar-refractivity contribution in [2.45, 2.75) is 6.92 Å². The van der Waals surface area contributed by atoms with Crippen molar-refractivity contribution < 1.29 is 4.92 Å². The number of aryl methyl sites for hydroxylation is 1. The normalized spacial score (nSPS) is 10.2. The Morgan fingerprint density at radius 3 is 3.06 bits per heavy atom. The maximum atomic E-state index is 10.7. The molecule has 17 heavy (non-hydrogen) atoms. The third kappa shape index (κ3) is 3.44. The van der Waals surface area contributed by atoms with Crippen LogP contribution in [0.5, 0.6) is 0 Å². The van der Waals surface area contributed by atoms with E-state index in [1.807, 2.05) is 0 Å². The Hall–Kier alpha value is -2.11. The van der Waals surface area contributed by atoms with E-state index in [0.29, 0.717) is 5.56 Å². The van der Waals surface area contributed by atoms with Crippen molar-refractivity contribution in [2.24, 2.45) is 5.11 Å². The number of aromatic nitrogens is 1. The molecule has 0 aliphatic heterocycles.